The molecule has 0 saturated heterocycles. The molecule has 0 N–H and O–H groups in total. The molecule has 1 aromatic carbocycles. The molecule has 0 fully saturated rings. The van der Waals surface area contributed by atoms with Crippen LogP contribution in [0.25, 0.3) is 0 Å². The lowest BCUT2D eigenvalue weighted by molar-refractivity contribution is -0.116. The molecule has 0 spiro atoms. The fourth-order valence-electron chi connectivity index (χ4n) is 1.81. The van der Waals surface area contributed by atoms with Crippen LogP contribution in [0.5, 0.6) is 0 Å². The fourth-order valence-corrected chi connectivity index (χ4v) is 2.23. The highest BCUT2D eigenvalue weighted by molar-refractivity contribution is 7.79. The van der Waals surface area contributed by atoms with E-state index >= 15 is 0 Å². The third-order valence-corrected chi connectivity index (χ3v) is 3.16. The third-order valence-electron chi connectivity index (χ3n) is 2.52. The molecule has 1 amide bonds. The number of anilines is 1. The van der Waals surface area contributed by atoms with E-state index in [1.54, 1.807) is 17.0 Å². The molecule has 15 heavy (non-hydrogen) atoms. The van der Waals surface area contributed by atoms with Crippen LogP contribution < -0.4 is 4.90 Å². The van der Waals surface area contributed by atoms with E-state index in [-0.39, 0.29) is 10.8 Å². The Bertz CT molecular complexity index is 444. The number of hydrogen-bond acceptors (Lipinski definition) is 3. The van der Waals surface area contributed by atoms with E-state index in [1.807, 2.05) is 0 Å². The molecule has 1 aliphatic rings. The van der Waals surface area contributed by atoms with Crippen LogP contribution in [-0.4, -0.2) is 21.2 Å². The number of carbonyl (C=O) groups excluding carboxylic acids is 1. The van der Waals surface area contributed by atoms with Crippen LogP contribution in [0.4, 0.5) is 5.69 Å². The summed E-state index contributed by atoms with van der Waals surface area (Å²) < 4.78 is 21.5. The zero-order chi connectivity index (χ0) is 11.0. The molecule has 5 heteroatoms. The largest absolute Gasteiger partial charge is 0.768 e. The van der Waals surface area contributed by atoms with Gasteiger partial charge in [-0.2, -0.15) is 0 Å². The first-order valence-electron chi connectivity index (χ1n) is 4.60. The van der Waals surface area contributed by atoms with Gasteiger partial charge in [0, 0.05) is 24.1 Å². The number of carbonyl (C=O) groups is 1. The number of hydrogen-bond donors (Lipinski definition) is 0. The van der Waals surface area contributed by atoms with Gasteiger partial charge in [-0.05, 0) is 41.3 Å². The van der Waals surface area contributed by atoms with Crippen molar-refractivity contribution < 1.29 is 13.6 Å². The molecule has 0 saturated carbocycles. The second kappa shape index (κ2) is 3.75. The Morgan fingerprint density at radius 1 is 1.53 bits per heavy atom. The van der Waals surface area contributed by atoms with Gasteiger partial charge in [-0.15, -0.1) is 0 Å². The summed E-state index contributed by atoms with van der Waals surface area (Å²) in [5.41, 5.74) is 1.75. The normalized spacial score (nSPS) is 16.3. The van der Waals surface area contributed by atoms with E-state index in [1.165, 1.54) is 13.0 Å². The Kier molecular flexibility index (Phi) is 2.58. The summed E-state index contributed by atoms with van der Waals surface area (Å²) in [6.07, 6.45) is 0.722. The maximum Gasteiger partial charge on any atom is 0.223 e. The molecule has 4 nitrogen and oxygen atoms in total. The van der Waals surface area contributed by atoms with Crippen LogP contribution in [0.1, 0.15) is 12.5 Å². The Labute approximate surface area is 90.2 Å². The van der Waals surface area contributed by atoms with Crippen molar-refractivity contribution in [3.63, 3.8) is 0 Å². The lowest BCUT2D eigenvalue weighted by Gasteiger charge is -2.15. The van der Waals surface area contributed by atoms with Gasteiger partial charge in [0.15, 0.2) is 0 Å². The van der Waals surface area contributed by atoms with Crippen LogP contribution in [0.15, 0.2) is 23.1 Å². The van der Waals surface area contributed by atoms with E-state index in [0.717, 1.165) is 17.7 Å². The second-order valence-electron chi connectivity index (χ2n) is 3.45. The van der Waals surface area contributed by atoms with Gasteiger partial charge in [0.25, 0.3) is 0 Å². The van der Waals surface area contributed by atoms with Crippen molar-refractivity contribution in [3.8, 4) is 0 Å². The molecule has 1 aromatic rings. The van der Waals surface area contributed by atoms with Gasteiger partial charge >= 0.3 is 0 Å². The molecule has 1 unspecified atom stereocenters. The lowest BCUT2D eigenvalue weighted by atomic mass is 10.2. The maximum absolute atomic E-state index is 11.2. The Morgan fingerprint density at radius 3 is 2.87 bits per heavy atom. The van der Waals surface area contributed by atoms with Crippen molar-refractivity contribution in [2.75, 3.05) is 11.4 Å². The van der Waals surface area contributed by atoms with Crippen molar-refractivity contribution in [3.05, 3.63) is 23.8 Å². The van der Waals surface area contributed by atoms with Crippen molar-refractivity contribution in [1.82, 2.24) is 0 Å². The SMILES string of the molecule is CC(=O)N1CCc2cc(S(=O)[O-])ccc21. The Hall–Kier alpha value is -1.20. The molecule has 80 valence electrons. The quantitative estimate of drug-likeness (QED) is 0.664. The van der Waals surface area contributed by atoms with Crippen LogP contribution in [0.3, 0.4) is 0 Å². The molecule has 0 radical (unpaired) electrons. The minimum Gasteiger partial charge on any atom is -0.768 e. The lowest BCUT2D eigenvalue weighted by Crippen LogP contribution is -2.25. The summed E-state index contributed by atoms with van der Waals surface area (Å²) in [5, 5.41) is 0. The summed E-state index contributed by atoms with van der Waals surface area (Å²) >= 11 is -2.20. The Balaban J connectivity index is 2.42. The smallest absolute Gasteiger partial charge is 0.223 e. The maximum atomic E-state index is 11.2. The number of nitrogens with zero attached hydrogens (tertiary/aromatic N) is 1. The van der Waals surface area contributed by atoms with Crippen LogP contribution >= 0.6 is 0 Å². The summed E-state index contributed by atoms with van der Waals surface area (Å²) in [7, 11) is 0. The Morgan fingerprint density at radius 2 is 2.27 bits per heavy atom. The van der Waals surface area contributed by atoms with Crippen molar-refractivity contribution in [2.45, 2.75) is 18.2 Å². The van der Waals surface area contributed by atoms with E-state index in [9.17, 15) is 13.6 Å². The van der Waals surface area contributed by atoms with Gasteiger partial charge < -0.3 is 9.45 Å². The van der Waals surface area contributed by atoms with Gasteiger partial charge in [0.05, 0.1) is 0 Å². The average Bonchev–Trinajstić information content (AvgIpc) is 2.59. The first-order valence-corrected chi connectivity index (χ1v) is 5.67. The second-order valence-corrected chi connectivity index (χ2v) is 4.39. The van der Waals surface area contributed by atoms with Crippen molar-refractivity contribution >= 4 is 22.7 Å². The van der Waals surface area contributed by atoms with Crippen LogP contribution in [-0.2, 0) is 22.3 Å². The van der Waals surface area contributed by atoms with E-state index in [2.05, 4.69) is 0 Å². The zero-order valence-electron chi connectivity index (χ0n) is 8.23. The standard InChI is InChI=1S/C10H11NO3S/c1-7(12)11-5-4-8-6-9(15(13)14)2-3-10(8)11/h2-3,6H,4-5H2,1H3,(H,13,14)/p-1. The molecule has 1 aliphatic heterocycles. The van der Waals surface area contributed by atoms with Crippen LogP contribution in [0, 0.1) is 0 Å². The van der Waals surface area contributed by atoms with Gasteiger partial charge in [-0.3, -0.25) is 9.00 Å². The summed E-state index contributed by atoms with van der Waals surface area (Å²) in [6.45, 7) is 2.15. The zero-order valence-corrected chi connectivity index (χ0v) is 9.04. The highest BCUT2D eigenvalue weighted by Gasteiger charge is 2.21. The summed E-state index contributed by atoms with van der Waals surface area (Å²) in [4.78, 5) is 13.2. The highest BCUT2D eigenvalue weighted by Crippen LogP contribution is 2.29. The topological polar surface area (TPSA) is 60.4 Å². The number of rotatable bonds is 1. The highest BCUT2D eigenvalue weighted by atomic mass is 32.2. The average molecular weight is 224 g/mol. The monoisotopic (exact) mass is 224 g/mol. The molecule has 1 heterocycles. The van der Waals surface area contributed by atoms with Crippen molar-refractivity contribution in [2.24, 2.45) is 0 Å². The minimum absolute atomic E-state index is 0.00949. The van der Waals surface area contributed by atoms with Gasteiger partial charge in [0.1, 0.15) is 0 Å². The fraction of sp³-hybridized carbons (Fsp3) is 0.300. The van der Waals surface area contributed by atoms with E-state index in [0.29, 0.717) is 6.54 Å². The van der Waals surface area contributed by atoms with E-state index in [4.69, 9.17) is 0 Å². The van der Waals surface area contributed by atoms with Gasteiger partial charge in [-0.1, -0.05) is 0 Å². The molecule has 0 aliphatic carbocycles. The van der Waals surface area contributed by atoms with Crippen molar-refractivity contribution in [1.29, 1.82) is 0 Å². The number of fused-ring (bicyclic) bond motifs is 1. The third kappa shape index (κ3) is 1.80. The molecule has 0 aromatic heterocycles. The molecule has 0 bridgehead atoms. The first-order chi connectivity index (χ1) is 7.09. The molecular weight excluding hydrogens is 214 g/mol. The molecule has 2 rings (SSSR count). The van der Waals surface area contributed by atoms with Crippen LogP contribution in [0.2, 0.25) is 0 Å². The molecular formula is C10H10NO3S-. The molecule has 1 atom stereocenters. The van der Waals surface area contributed by atoms with E-state index < -0.39 is 11.1 Å². The van der Waals surface area contributed by atoms with Gasteiger partial charge in [0.2, 0.25) is 5.91 Å². The predicted molar refractivity (Wildman–Crippen MR) is 55.4 cm³/mol. The van der Waals surface area contributed by atoms with Gasteiger partial charge in [-0.25, -0.2) is 0 Å². The minimum atomic E-state index is -2.20. The number of amides is 1. The first kappa shape index (κ1) is 10.3. The summed E-state index contributed by atoms with van der Waals surface area (Å²) in [6, 6.07) is 4.83. The summed E-state index contributed by atoms with van der Waals surface area (Å²) in [5.74, 6) is -0.00949. The number of benzene rings is 1. The predicted octanol–water partition coefficient (Wildman–Crippen LogP) is 0.834.